The third-order valence-corrected chi connectivity index (χ3v) is 7.11. The molecule has 0 atom stereocenters. The molecule has 1 saturated carbocycles. The zero-order valence-corrected chi connectivity index (χ0v) is 15.2. The minimum atomic E-state index is -0.305. The molecule has 3 heterocycles. The first-order chi connectivity index (χ1) is 11.7. The molecule has 3 nitrogen and oxygen atoms in total. The normalized spacial score (nSPS) is 15.2. The van der Waals surface area contributed by atoms with Gasteiger partial charge in [0.2, 0.25) is 11.7 Å². The standard InChI is InChI=1S/C18H15NO2S3/c20-16(12-5-9-22-11-12)14-4-3-13(24-14)10-19-17(21)18(6-7-18)15-2-1-8-23-15/h1-5,8-9,11H,6-7,10H2,(H,19,21). The molecule has 0 aliphatic heterocycles. The lowest BCUT2D eigenvalue weighted by molar-refractivity contribution is -0.123. The third kappa shape index (κ3) is 2.85. The molecule has 1 fully saturated rings. The molecule has 1 N–H and O–H groups in total. The Morgan fingerprint density at radius 1 is 1.12 bits per heavy atom. The number of carbonyl (C=O) groups is 2. The first-order valence-corrected chi connectivity index (χ1v) is 10.3. The van der Waals surface area contributed by atoms with Gasteiger partial charge >= 0.3 is 0 Å². The van der Waals surface area contributed by atoms with Crippen molar-refractivity contribution in [1.82, 2.24) is 5.32 Å². The highest BCUT2D eigenvalue weighted by atomic mass is 32.1. The minimum absolute atomic E-state index is 0.0519. The van der Waals surface area contributed by atoms with Crippen LogP contribution in [0.1, 0.15) is 37.8 Å². The molecular formula is C18H15NO2S3. The molecule has 24 heavy (non-hydrogen) atoms. The number of nitrogens with one attached hydrogen (secondary N) is 1. The fourth-order valence-electron chi connectivity index (χ4n) is 2.73. The van der Waals surface area contributed by atoms with E-state index in [1.165, 1.54) is 22.7 Å². The second-order valence-electron chi connectivity index (χ2n) is 5.85. The number of carbonyl (C=O) groups excluding carboxylic acids is 2. The summed E-state index contributed by atoms with van der Waals surface area (Å²) in [4.78, 5) is 27.8. The minimum Gasteiger partial charge on any atom is -0.350 e. The maximum Gasteiger partial charge on any atom is 0.231 e. The third-order valence-electron chi connectivity index (χ3n) is 4.27. The van der Waals surface area contributed by atoms with Crippen molar-refractivity contribution in [2.75, 3.05) is 0 Å². The van der Waals surface area contributed by atoms with Crippen LogP contribution < -0.4 is 5.32 Å². The highest BCUT2D eigenvalue weighted by Gasteiger charge is 2.51. The number of ketones is 1. The molecule has 0 spiro atoms. The molecule has 1 amide bonds. The van der Waals surface area contributed by atoms with Gasteiger partial charge in [-0.2, -0.15) is 11.3 Å². The summed E-state index contributed by atoms with van der Waals surface area (Å²) in [6.45, 7) is 0.480. The van der Waals surface area contributed by atoms with Crippen LogP contribution in [0.5, 0.6) is 0 Å². The van der Waals surface area contributed by atoms with Crippen LogP contribution in [0.4, 0.5) is 0 Å². The van der Waals surface area contributed by atoms with Gasteiger partial charge in [0.25, 0.3) is 0 Å². The van der Waals surface area contributed by atoms with Crippen LogP contribution in [0.2, 0.25) is 0 Å². The van der Waals surface area contributed by atoms with Gasteiger partial charge in [-0.3, -0.25) is 9.59 Å². The zero-order valence-electron chi connectivity index (χ0n) is 12.8. The lowest BCUT2D eigenvalue weighted by Crippen LogP contribution is -2.33. The highest BCUT2D eigenvalue weighted by molar-refractivity contribution is 7.14. The van der Waals surface area contributed by atoms with E-state index in [1.807, 2.05) is 46.5 Å². The summed E-state index contributed by atoms with van der Waals surface area (Å²) in [5.74, 6) is 0.153. The monoisotopic (exact) mass is 373 g/mol. The van der Waals surface area contributed by atoms with E-state index in [2.05, 4.69) is 5.32 Å². The van der Waals surface area contributed by atoms with Gasteiger partial charge in [-0.05, 0) is 47.9 Å². The van der Waals surface area contributed by atoms with Crippen LogP contribution in [0, 0.1) is 0 Å². The molecule has 1 aliphatic carbocycles. The van der Waals surface area contributed by atoms with Crippen LogP contribution >= 0.6 is 34.0 Å². The summed E-state index contributed by atoms with van der Waals surface area (Å²) in [6, 6.07) is 9.65. The number of amides is 1. The van der Waals surface area contributed by atoms with E-state index < -0.39 is 0 Å². The van der Waals surface area contributed by atoms with Crippen molar-refractivity contribution in [3.63, 3.8) is 0 Å². The average Bonchev–Trinajstić information content (AvgIpc) is 3.08. The molecule has 3 aromatic rings. The Hall–Kier alpha value is -1.76. The summed E-state index contributed by atoms with van der Waals surface area (Å²) in [7, 11) is 0. The van der Waals surface area contributed by atoms with Gasteiger partial charge in [-0.1, -0.05) is 6.07 Å². The first kappa shape index (κ1) is 15.7. The van der Waals surface area contributed by atoms with Gasteiger partial charge in [0.05, 0.1) is 16.8 Å². The van der Waals surface area contributed by atoms with Crippen LogP contribution in [0.15, 0.2) is 46.5 Å². The Morgan fingerprint density at radius 2 is 2.00 bits per heavy atom. The van der Waals surface area contributed by atoms with Gasteiger partial charge in [0, 0.05) is 20.7 Å². The Bertz CT molecular complexity index is 858. The van der Waals surface area contributed by atoms with Crippen LogP contribution in [0.25, 0.3) is 0 Å². The smallest absolute Gasteiger partial charge is 0.231 e. The molecule has 4 rings (SSSR count). The van der Waals surface area contributed by atoms with Crippen molar-refractivity contribution in [1.29, 1.82) is 0 Å². The molecule has 6 heteroatoms. The highest BCUT2D eigenvalue weighted by Crippen LogP contribution is 2.50. The number of thiophene rings is 3. The van der Waals surface area contributed by atoms with Gasteiger partial charge in [0.1, 0.15) is 0 Å². The van der Waals surface area contributed by atoms with E-state index in [0.717, 1.165) is 33.0 Å². The number of rotatable bonds is 6. The van der Waals surface area contributed by atoms with Crippen LogP contribution in [0.3, 0.4) is 0 Å². The first-order valence-electron chi connectivity index (χ1n) is 7.67. The lowest BCUT2D eigenvalue weighted by Gasteiger charge is -2.13. The van der Waals surface area contributed by atoms with Gasteiger partial charge in [0.15, 0.2) is 0 Å². The molecule has 122 valence electrons. The largest absolute Gasteiger partial charge is 0.350 e. The van der Waals surface area contributed by atoms with Crippen molar-refractivity contribution < 1.29 is 9.59 Å². The number of hydrogen-bond donors (Lipinski definition) is 1. The molecule has 3 aromatic heterocycles. The predicted molar refractivity (Wildman–Crippen MR) is 99.1 cm³/mol. The van der Waals surface area contributed by atoms with Gasteiger partial charge in [-0.25, -0.2) is 0 Å². The molecule has 0 bridgehead atoms. The fourth-order valence-corrected chi connectivity index (χ4v) is 5.26. The van der Waals surface area contributed by atoms with E-state index in [-0.39, 0.29) is 17.1 Å². The van der Waals surface area contributed by atoms with Gasteiger partial charge in [-0.15, -0.1) is 22.7 Å². The molecule has 0 radical (unpaired) electrons. The predicted octanol–water partition coefficient (Wildman–Crippen LogP) is 4.45. The molecule has 0 saturated heterocycles. The Labute approximate surface area is 152 Å². The second kappa shape index (κ2) is 6.27. The van der Waals surface area contributed by atoms with Crippen molar-refractivity contribution in [2.24, 2.45) is 0 Å². The van der Waals surface area contributed by atoms with E-state index in [0.29, 0.717) is 6.54 Å². The summed E-state index contributed by atoms with van der Waals surface area (Å²) in [6.07, 6.45) is 1.84. The molecule has 1 aliphatic rings. The average molecular weight is 374 g/mol. The quantitative estimate of drug-likeness (QED) is 0.649. The molecule has 0 unspecified atom stereocenters. The molecular weight excluding hydrogens is 358 g/mol. The maximum atomic E-state index is 12.6. The van der Waals surface area contributed by atoms with E-state index in [9.17, 15) is 9.59 Å². The van der Waals surface area contributed by atoms with Crippen LogP contribution in [-0.4, -0.2) is 11.7 Å². The summed E-state index contributed by atoms with van der Waals surface area (Å²) >= 11 is 4.62. The SMILES string of the molecule is O=C(c1ccsc1)c1ccc(CNC(=O)C2(c3cccs3)CC2)s1. The maximum absolute atomic E-state index is 12.6. The molecule has 0 aromatic carbocycles. The van der Waals surface area contributed by atoms with E-state index in [1.54, 1.807) is 11.3 Å². The van der Waals surface area contributed by atoms with Crippen molar-refractivity contribution >= 4 is 45.7 Å². The topological polar surface area (TPSA) is 46.2 Å². The van der Waals surface area contributed by atoms with Crippen molar-refractivity contribution in [3.8, 4) is 0 Å². The zero-order chi connectivity index (χ0) is 16.6. The number of hydrogen-bond acceptors (Lipinski definition) is 5. The van der Waals surface area contributed by atoms with Crippen molar-refractivity contribution in [3.05, 3.63) is 66.7 Å². The Morgan fingerprint density at radius 3 is 2.67 bits per heavy atom. The van der Waals surface area contributed by atoms with Crippen LogP contribution in [-0.2, 0) is 16.8 Å². The fraction of sp³-hybridized carbons (Fsp3) is 0.222. The summed E-state index contributed by atoms with van der Waals surface area (Å²) in [5, 5.41) is 8.83. The second-order valence-corrected chi connectivity index (χ2v) is 8.75. The van der Waals surface area contributed by atoms with E-state index >= 15 is 0 Å². The van der Waals surface area contributed by atoms with Crippen molar-refractivity contribution in [2.45, 2.75) is 24.8 Å². The Kier molecular flexibility index (Phi) is 4.12. The summed E-state index contributed by atoms with van der Waals surface area (Å²) < 4.78 is 0. The summed E-state index contributed by atoms with van der Waals surface area (Å²) in [5.41, 5.74) is 0.424. The Balaban J connectivity index is 1.40. The lowest BCUT2D eigenvalue weighted by atomic mass is 10.0. The van der Waals surface area contributed by atoms with Gasteiger partial charge < -0.3 is 5.32 Å². The van der Waals surface area contributed by atoms with E-state index in [4.69, 9.17) is 0 Å².